The number of hydrogen-bond donors (Lipinski definition) is 3. The minimum absolute atomic E-state index is 0.00116. The molecule has 3 heterocycles. The largest absolute Gasteiger partial charge is 0.403 e. The van der Waals surface area contributed by atoms with Crippen LogP contribution in [-0.4, -0.2) is 29.4 Å². The van der Waals surface area contributed by atoms with Crippen LogP contribution in [0.3, 0.4) is 0 Å². The van der Waals surface area contributed by atoms with E-state index in [1.807, 2.05) is 6.07 Å². The number of benzene rings is 1. The minimum atomic E-state index is -3.61. The van der Waals surface area contributed by atoms with Crippen LogP contribution in [0.15, 0.2) is 66.5 Å². The number of halogens is 1. The van der Waals surface area contributed by atoms with Gasteiger partial charge in [0, 0.05) is 40.8 Å². The first-order chi connectivity index (χ1) is 16.4. The van der Waals surface area contributed by atoms with E-state index < -0.39 is 15.8 Å². The molecule has 172 valence electrons. The summed E-state index contributed by atoms with van der Waals surface area (Å²) >= 11 is 0. The Bertz CT molecular complexity index is 1620. The van der Waals surface area contributed by atoms with E-state index >= 15 is 4.39 Å². The molecular formula is C25H22FN5O2S. The Morgan fingerprint density at radius 3 is 2.62 bits per heavy atom. The molecule has 5 rings (SSSR count). The Labute approximate surface area is 195 Å². The third-order valence-corrected chi connectivity index (χ3v) is 7.25. The number of nitrogens with two attached hydrogens (primary N) is 1. The quantitative estimate of drug-likeness (QED) is 0.396. The molecule has 1 aromatic carbocycles. The number of nitrogens with zero attached hydrogens (tertiary/aromatic N) is 2. The highest BCUT2D eigenvalue weighted by Crippen LogP contribution is 2.29. The normalized spacial score (nSPS) is 15.2. The second-order valence-electron chi connectivity index (χ2n) is 8.15. The molecule has 0 radical (unpaired) electrons. The Balaban J connectivity index is 1.68. The van der Waals surface area contributed by atoms with Crippen molar-refractivity contribution in [2.24, 2.45) is 5.73 Å². The molecule has 0 unspecified atom stereocenters. The van der Waals surface area contributed by atoms with Crippen LogP contribution >= 0.6 is 0 Å². The van der Waals surface area contributed by atoms with Gasteiger partial charge in [0.25, 0.3) is 0 Å². The van der Waals surface area contributed by atoms with Crippen LogP contribution < -0.4 is 21.0 Å². The monoisotopic (exact) mass is 475 g/mol. The molecule has 0 aliphatic heterocycles. The van der Waals surface area contributed by atoms with E-state index in [9.17, 15) is 8.42 Å². The van der Waals surface area contributed by atoms with E-state index in [1.54, 1.807) is 36.7 Å². The first kappa shape index (κ1) is 22.0. The Kier molecular flexibility index (Phi) is 5.51. The van der Waals surface area contributed by atoms with Crippen molar-refractivity contribution in [1.82, 2.24) is 19.7 Å². The smallest absolute Gasteiger partial charge is 0.240 e. The molecule has 9 heteroatoms. The fraction of sp³-hybridized carbons (Fsp3) is 0.120. The van der Waals surface area contributed by atoms with Crippen LogP contribution in [0.25, 0.3) is 40.0 Å². The van der Waals surface area contributed by atoms with Crippen molar-refractivity contribution in [3.63, 3.8) is 0 Å². The lowest BCUT2D eigenvalue weighted by Crippen LogP contribution is -2.25. The van der Waals surface area contributed by atoms with Gasteiger partial charge in [-0.05, 0) is 53.8 Å². The van der Waals surface area contributed by atoms with Crippen molar-refractivity contribution in [2.45, 2.75) is 23.8 Å². The van der Waals surface area contributed by atoms with Gasteiger partial charge in [-0.25, -0.2) is 22.5 Å². The van der Waals surface area contributed by atoms with Crippen LogP contribution in [0.1, 0.15) is 18.4 Å². The van der Waals surface area contributed by atoms with Crippen molar-refractivity contribution in [3.8, 4) is 11.1 Å². The number of hydrogen-bond acceptors (Lipinski definition) is 5. The summed E-state index contributed by atoms with van der Waals surface area (Å²) in [7, 11) is -3.61. The van der Waals surface area contributed by atoms with Crippen molar-refractivity contribution in [2.75, 3.05) is 0 Å². The third kappa shape index (κ3) is 4.11. The van der Waals surface area contributed by atoms with Gasteiger partial charge < -0.3 is 10.7 Å². The number of H-pyrrole nitrogens is 1. The number of rotatable bonds is 6. The predicted octanol–water partition coefficient (Wildman–Crippen LogP) is 2.40. The highest BCUT2D eigenvalue weighted by molar-refractivity contribution is 7.89. The third-order valence-electron chi connectivity index (χ3n) is 5.72. The lowest BCUT2D eigenvalue weighted by molar-refractivity contribution is 0.581. The summed E-state index contributed by atoms with van der Waals surface area (Å²) < 4.78 is 42.9. The molecule has 1 saturated carbocycles. The molecule has 0 bridgehead atoms. The second-order valence-corrected chi connectivity index (χ2v) is 9.87. The lowest BCUT2D eigenvalue weighted by atomic mass is 10.0. The van der Waals surface area contributed by atoms with Crippen molar-refractivity contribution >= 4 is 38.9 Å². The van der Waals surface area contributed by atoms with Crippen molar-refractivity contribution in [1.29, 1.82) is 0 Å². The van der Waals surface area contributed by atoms with Gasteiger partial charge in [-0.1, -0.05) is 24.8 Å². The van der Waals surface area contributed by atoms with Gasteiger partial charge in [0.2, 0.25) is 10.0 Å². The van der Waals surface area contributed by atoms with Crippen molar-refractivity contribution < 1.29 is 12.8 Å². The number of fused-ring (bicyclic) bond motifs is 1. The van der Waals surface area contributed by atoms with E-state index in [4.69, 9.17) is 5.73 Å². The minimum Gasteiger partial charge on any atom is -0.403 e. The number of pyridine rings is 2. The van der Waals surface area contributed by atoms with Gasteiger partial charge in [0.05, 0.1) is 16.4 Å². The zero-order valence-corrected chi connectivity index (χ0v) is 18.9. The zero-order valence-electron chi connectivity index (χ0n) is 18.1. The van der Waals surface area contributed by atoms with Crippen LogP contribution in [0, 0.1) is 5.82 Å². The summed E-state index contributed by atoms with van der Waals surface area (Å²) in [5.74, 6) is -0.538. The number of nitrogens with one attached hydrogen (secondary N) is 2. The number of allylic oxidation sites excluding steroid dienone is 1. The average Bonchev–Trinajstić information content (AvgIpc) is 3.58. The Morgan fingerprint density at radius 1 is 1.21 bits per heavy atom. The van der Waals surface area contributed by atoms with E-state index in [2.05, 4.69) is 26.3 Å². The van der Waals surface area contributed by atoms with Crippen LogP contribution in [0.2, 0.25) is 0 Å². The fourth-order valence-corrected chi connectivity index (χ4v) is 5.14. The Morgan fingerprint density at radius 2 is 1.97 bits per heavy atom. The molecular weight excluding hydrogens is 453 g/mol. The molecule has 3 aromatic heterocycles. The van der Waals surface area contributed by atoms with Gasteiger partial charge in [0.15, 0.2) is 0 Å². The van der Waals surface area contributed by atoms with Gasteiger partial charge >= 0.3 is 0 Å². The molecule has 4 aromatic rings. The van der Waals surface area contributed by atoms with Crippen LogP contribution in [0.4, 0.5) is 4.39 Å². The van der Waals surface area contributed by atoms with Gasteiger partial charge in [-0.3, -0.25) is 4.98 Å². The van der Waals surface area contributed by atoms with Gasteiger partial charge in [-0.2, -0.15) is 0 Å². The van der Waals surface area contributed by atoms with Crippen molar-refractivity contribution in [3.05, 3.63) is 83.5 Å². The number of aromatic amines is 1. The maximum absolute atomic E-state index is 15.2. The summed E-state index contributed by atoms with van der Waals surface area (Å²) in [5, 5.41) is 1.71. The standard InChI is InChI=1S/C25H22FN5O2S/c1-15(17-3-2-10-28-13-17)11-20-22(12-27)30-25-24(20)23(21(26)14-29-25)16-4-8-19(9-5-16)34(32,33)31-18-6-7-18/h2-5,8-14,18,31H,1,6-7,27H2,(H,29,30)/b20-11+,22-12+. The summed E-state index contributed by atoms with van der Waals surface area (Å²) in [5.41, 5.74) is 8.58. The first-order valence-electron chi connectivity index (χ1n) is 10.7. The highest BCUT2D eigenvalue weighted by Gasteiger charge is 2.28. The number of aromatic nitrogens is 3. The molecule has 1 aliphatic rings. The average molecular weight is 476 g/mol. The SMILES string of the molecule is C=C(/C=c1\c(=C/N)[nH]c2ncc(F)c(-c3ccc(S(=O)(=O)NC4CC4)cc3)c12)c1cccnc1. The maximum Gasteiger partial charge on any atom is 0.240 e. The zero-order chi connectivity index (χ0) is 23.9. The summed E-state index contributed by atoms with van der Waals surface area (Å²) in [6.07, 6.45) is 9.37. The molecule has 4 N–H and O–H groups in total. The Hall–Kier alpha value is -3.82. The molecule has 1 aliphatic carbocycles. The molecule has 0 saturated heterocycles. The fourth-order valence-electron chi connectivity index (χ4n) is 3.84. The summed E-state index contributed by atoms with van der Waals surface area (Å²) in [6.45, 7) is 4.12. The topological polar surface area (TPSA) is 114 Å². The number of sulfonamides is 1. The predicted molar refractivity (Wildman–Crippen MR) is 130 cm³/mol. The first-order valence-corrected chi connectivity index (χ1v) is 12.2. The molecule has 0 atom stereocenters. The molecule has 0 spiro atoms. The lowest BCUT2D eigenvalue weighted by Gasteiger charge is -2.09. The van der Waals surface area contributed by atoms with E-state index in [1.165, 1.54) is 18.3 Å². The summed E-state index contributed by atoms with van der Waals surface area (Å²) in [4.78, 5) is 11.6. The molecule has 1 fully saturated rings. The van der Waals surface area contributed by atoms with E-state index in [0.29, 0.717) is 38.3 Å². The van der Waals surface area contributed by atoms with Crippen LogP contribution in [0.5, 0.6) is 0 Å². The molecule has 34 heavy (non-hydrogen) atoms. The van der Waals surface area contributed by atoms with Crippen LogP contribution in [-0.2, 0) is 10.0 Å². The van der Waals surface area contributed by atoms with E-state index in [0.717, 1.165) is 24.6 Å². The van der Waals surface area contributed by atoms with E-state index in [-0.39, 0.29) is 10.9 Å². The van der Waals surface area contributed by atoms with Gasteiger partial charge in [0.1, 0.15) is 11.5 Å². The second kappa shape index (κ2) is 8.51. The highest BCUT2D eigenvalue weighted by atomic mass is 32.2. The van der Waals surface area contributed by atoms with Gasteiger partial charge in [-0.15, -0.1) is 0 Å². The maximum atomic E-state index is 15.2. The molecule has 0 amide bonds. The molecule has 7 nitrogen and oxygen atoms in total. The summed E-state index contributed by atoms with van der Waals surface area (Å²) in [6, 6.07) is 9.83.